The van der Waals surface area contributed by atoms with Gasteiger partial charge in [0.15, 0.2) is 22.5 Å². The molecule has 0 bridgehead atoms. The number of nitrogens with zero attached hydrogens (tertiary/aromatic N) is 4. The van der Waals surface area contributed by atoms with E-state index in [1.165, 1.54) is 25.1 Å². The normalized spacial score (nSPS) is 11.9. The van der Waals surface area contributed by atoms with E-state index in [1.54, 1.807) is 31.2 Å². The molecular weight excluding hydrogens is 567 g/mol. The fourth-order valence-electron chi connectivity index (χ4n) is 2.87. The molecule has 178 valence electrons. The van der Waals surface area contributed by atoms with Gasteiger partial charge in [0, 0.05) is 21.4 Å². The molecule has 0 fully saturated rings. The highest BCUT2D eigenvalue weighted by Gasteiger charge is 2.19. The number of phenolic OH excluding ortho intramolecular Hbond substituents is 1. The van der Waals surface area contributed by atoms with Crippen molar-refractivity contribution in [3.63, 3.8) is 0 Å². The summed E-state index contributed by atoms with van der Waals surface area (Å²) in [6, 6.07) is 13.1. The van der Waals surface area contributed by atoms with E-state index in [9.17, 15) is 9.90 Å². The van der Waals surface area contributed by atoms with Gasteiger partial charge in [-0.25, -0.2) is 5.43 Å². The van der Waals surface area contributed by atoms with Gasteiger partial charge in [0.2, 0.25) is 0 Å². The second-order valence-corrected chi connectivity index (χ2v) is 9.60. The van der Waals surface area contributed by atoms with Crippen LogP contribution in [0.4, 0.5) is 5.69 Å². The first-order valence-electron chi connectivity index (χ1n) is 10.3. The lowest BCUT2D eigenvalue weighted by Crippen LogP contribution is -2.27. The molecule has 0 aliphatic carbocycles. The van der Waals surface area contributed by atoms with Crippen molar-refractivity contribution < 1.29 is 14.6 Å². The van der Waals surface area contributed by atoms with Gasteiger partial charge in [0.05, 0.1) is 25.1 Å². The number of allylic oxidation sites excluding steroid dienone is 1. The van der Waals surface area contributed by atoms with Crippen LogP contribution in [-0.2, 0) is 17.9 Å². The zero-order valence-corrected chi connectivity index (χ0v) is 21.7. The average molecular weight is 592 g/mol. The molecular formula is C23H25IN6O3S. The number of benzene rings is 2. The van der Waals surface area contributed by atoms with Crippen molar-refractivity contribution in [2.24, 2.45) is 5.10 Å². The van der Waals surface area contributed by atoms with Crippen LogP contribution >= 0.6 is 34.4 Å². The van der Waals surface area contributed by atoms with Crippen molar-refractivity contribution in [2.45, 2.75) is 30.4 Å². The molecule has 1 atom stereocenters. The summed E-state index contributed by atoms with van der Waals surface area (Å²) < 4.78 is 8.14. The molecule has 0 radical (unpaired) electrons. The number of carbonyl (C=O) groups excluding carboxylic acids is 1. The fraction of sp³-hybridized carbons (Fsp3) is 0.217. The Bertz CT molecular complexity index is 1170. The first-order valence-corrected chi connectivity index (χ1v) is 12.3. The number of nitrogens with one attached hydrogen (secondary N) is 2. The van der Waals surface area contributed by atoms with Crippen LogP contribution in [0.15, 0.2) is 65.4 Å². The maximum Gasteiger partial charge on any atom is 0.253 e. The molecule has 1 amide bonds. The first-order chi connectivity index (χ1) is 16.4. The lowest BCUT2D eigenvalue weighted by molar-refractivity contribution is -0.120. The number of halogens is 1. The summed E-state index contributed by atoms with van der Waals surface area (Å²) in [5.74, 6) is 0.706. The monoisotopic (exact) mass is 592 g/mol. The van der Waals surface area contributed by atoms with Gasteiger partial charge in [0.1, 0.15) is 0 Å². The quantitative estimate of drug-likeness (QED) is 0.101. The summed E-state index contributed by atoms with van der Waals surface area (Å²) in [5.41, 5.74) is 3.90. The minimum absolute atomic E-state index is 0.0469. The van der Waals surface area contributed by atoms with Crippen molar-refractivity contribution in [3.8, 4) is 11.5 Å². The maximum atomic E-state index is 12.5. The van der Waals surface area contributed by atoms with Crippen molar-refractivity contribution in [1.82, 2.24) is 20.2 Å². The van der Waals surface area contributed by atoms with Crippen LogP contribution in [0.2, 0.25) is 0 Å². The number of hydrogen-bond donors (Lipinski definition) is 3. The van der Waals surface area contributed by atoms with Gasteiger partial charge in [-0.1, -0.05) is 23.9 Å². The van der Waals surface area contributed by atoms with Crippen LogP contribution in [-0.4, -0.2) is 44.4 Å². The number of aromatic nitrogens is 3. The van der Waals surface area contributed by atoms with Gasteiger partial charge in [-0.05, 0) is 65.9 Å². The third-order valence-electron chi connectivity index (χ3n) is 4.68. The van der Waals surface area contributed by atoms with E-state index in [1.807, 2.05) is 28.8 Å². The minimum Gasteiger partial charge on any atom is -0.504 e. The zero-order valence-electron chi connectivity index (χ0n) is 18.7. The number of hydrogen-bond acceptors (Lipinski definition) is 8. The molecule has 0 saturated carbocycles. The summed E-state index contributed by atoms with van der Waals surface area (Å²) in [6.45, 7) is 6.57. The summed E-state index contributed by atoms with van der Waals surface area (Å²) >= 11 is 3.54. The van der Waals surface area contributed by atoms with E-state index in [2.05, 4.69) is 55.2 Å². The Labute approximate surface area is 215 Å². The number of methoxy groups -OCH3 is 1. The molecule has 0 unspecified atom stereocenters. The van der Waals surface area contributed by atoms with Gasteiger partial charge >= 0.3 is 0 Å². The number of amides is 1. The number of carbonyl (C=O) groups is 1. The minimum atomic E-state index is -0.485. The molecule has 1 heterocycles. The van der Waals surface area contributed by atoms with E-state index >= 15 is 0 Å². The molecule has 3 aromatic rings. The molecule has 0 aliphatic heterocycles. The third-order valence-corrected chi connectivity index (χ3v) is 6.48. The van der Waals surface area contributed by atoms with Gasteiger partial charge in [-0.2, -0.15) is 5.10 Å². The Morgan fingerprint density at radius 3 is 2.79 bits per heavy atom. The fourth-order valence-corrected chi connectivity index (χ4v) is 4.11. The molecule has 3 N–H and O–H groups in total. The van der Waals surface area contributed by atoms with Crippen LogP contribution in [0.3, 0.4) is 0 Å². The number of para-hydroxylation sites is 1. The third kappa shape index (κ3) is 6.73. The highest BCUT2D eigenvalue weighted by atomic mass is 127. The maximum absolute atomic E-state index is 12.5. The molecule has 2 aromatic carbocycles. The lowest BCUT2D eigenvalue weighted by Gasteiger charge is -2.12. The Morgan fingerprint density at radius 1 is 1.32 bits per heavy atom. The number of hydrazone groups is 1. The molecule has 0 spiro atoms. The zero-order chi connectivity index (χ0) is 24.5. The van der Waals surface area contributed by atoms with E-state index in [0.29, 0.717) is 29.6 Å². The standard InChI is InChI=1S/C23H25IN6O3S/c1-4-12-30-20(14-25-18-10-8-17(24)9-11-18)27-29-23(30)34-15(2)22(32)28-26-13-16-6-5-7-19(33-3)21(16)31/h4-11,13,15,25,31H,1,12,14H2,2-3H3,(H,28,32)/b26-13-/t15-/m0/s1. The van der Waals surface area contributed by atoms with Gasteiger partial charge in [-0.3, -0.25) is 4.79 Å². The van der Waals surface area contributed by atoms with Gasteiger partial charge in [-0.15, -0.1) is 16.8 Å². The van der Waals surface area contributed by atoms with E-state index in [0.717, 1.165) is 15.1 Å². The molecule has 9 nitrogen and oxygen atoms in total. The number of phenols is 1. The topological polar surface area (TPSA) is 114 Å². The highest BCUT2D eigenvalue weighted by Crippen LogP contribution is 2.28. The predicted octanol–water partition coefficient (Wildman–Crippen LogP) is 4.03. The van der Waals surface area contributed by atoms with E-state index < -0.39 is 5.25 Å². The summed E-state index contributed by atoms with van der Waals surface area (Å²) in [6.07, 6.45) is 3.12. The van der Waals surface area contributed by atoms with Crippen molar-refractivity contribution in [2.75, 3.05) is 12.4 Å². The van der Waals surface area contributed by atoms with Gasteiger partial charge < -0.3 is 19.7 Å². The highest BCUT2D eigenvalue weighted by molar-refractivity contribution is 14.1. The Morgan fingerprint density at radius 2 is 2.09 bits per heavy atom. The van der Waals surface area contributed by atoms with Crippen molar-refractivity contribution in [3.05, 3.63) is 70.1 Å². The summed E-state index contributed by atoms with van der Waals surface area (Å²) in [7, 11) is 1.46. The number of anilines is 1. The van der Waals surface area contributed by atoms with Crippen molar-refractivity contribution >= 4 is 52.2 Å². The number of thioether (sulfide) groups is 1. The van der Waals surface area contributed by atoms with Crippen LogP contribution in [0.1, 0.15) is 18.3 Å². The molecule has 1 aromatic heterocycles. The largest absolute Gasteiger partial charge is 0.504 e. The van der Waals surface area contributed by atoms with Crippen LogP contribution in [0.25, 0.3) is 0 Å². The molecule has 3 rings (SSSR count). The van der Waals surface area contributed by atoms with Gasteiger partial charge in [0.25, 0.3) is 5.91 Å². The first kappa shape index (κ1) is 25.6. The molecule has 11 heteroatoms. The van der Waals surface area contributed by atoms with E-state index in [4.69, 9.17) is 4.74 Å². The second kappa shape index (κ2) is 12.4. The molecule has 34 heavy (non-hydrogen) atoms. The Kier molecular flexibility index (Phi) is 9.33. The predicted molar refractivity (Wildman–Crippen MR) is 142 cm³/mol. The van der Waals surface area contributed by atoms with Crippen LogP contribution in [0, 0.1) is 3.57 Å². The molecule has 0 saturated heterocycles. The van der Waals surface area contributed by atoms with E-state index in [-0.39, 0.29) is 11.7 Å². The lowest BCUT2D eigenvalue weighted by atomic mass is 10.2. The summed E-state index contributed by atoms with van der Waals surface area (Å²) in [5, 5.41) is 26.1. The Balaban J connectivity index is 1.61. The molecule has 0 aliphatic rings. The van der Waals surface area contributed by atoms with Crippen molar-refractivity contribution in [1.29, 1.82) is 0 Å². The second-order valence-electron chi connectivity index (χ2n) is 7.05. The average Bonchev–Trinajstić information content (AvgIpc) is 3.21. The van der Waals surface area contributed by atoms with Crippen LogP contribution < -0.4 is 15.5 Å². The number of rotatable bonds is 11. The number of aromatic hydroxyl groups is 1. The number of ether oxygens (including phenoxy) is 1. The van der Waals surface area contributed by atoms with Crippen LogP contribution in [0.5, 0.6) is 11.5 Å². The Hall–Kier alpha value is -3.06. The smallest absolute Gasteiger partial charge is 0.253 e. The SMILES string of the molecule is C=CCn1c(CNc2ccc(I)cc2)nnc1S[C@@H](C)C(=O)N/N=C\c1cccc(OC)c1O. The summed E-state index contributed by atoms with van der Waals surface area (Å²) in [4.78, 5) is 12.5.